The summed E-state index contributed by atoms with van der Waals surface area (Å²) >= 11 is 0. The lowest BCUT2D eigenvalue weighted by molar-refractivity contribution is -0.131. The Kier molecular flexibility index (Phi) is 5.17. The molecule has 4 atom stereocenters. The zero-order valence-electron chi connectivity index (χ0n) is 16.0. The molecule has 0 unspecified atom stereocenters. The molecule has 27 heavy (non-hydrogen) atoms. The van der Waals surface area contributed by atoms with Crippen molar-refractivity contribution in [3.63, 3.8) is 0 Å². The highest BCUT2D eigenvalue weighted by atomic mass is 16.5. The summed E-state index contributed by atoms with van der Waals surface area (Å²) in [5.41, 5.74) is 2.14. The SMILES string of the molecule is COc1ccccc1[C@H]1N[C@@H](c2ccccc2OC)[C@H]2CCCC[C@H]1C2=O. The van der Waals surface area contributed by atoms with E-state index in [2.05, 4.69) is 17.4 Å². The van der Waals surface area contributed by atoms with E-state index < -0.39 is 0 Å². The van der Waals surface area contributed by atoms with Crippen LogP contribution >= 0.6 is 0 Å². The van der Waals surface area contributed by atoms with E-state index in [4.69, 9.17) is 9.47 Å². The van der Waals surface area contributed by atoms with Crippen molar-refractivity contribution in [3.05, 3.63) is 59.7 Å². The highest BCUT2D eigenvalue weighted by Crippen LogP contribution is 2.47. The third-order valence-corrected chi connectivity index (χ3v) is 6.12. The van der Waals surface area contributed by atoms with Gasteiger partial charge in [-0.1, -0.05) is 49.2 Å². The van der Waals surface area contributed by atoms with Crippen molar-refractivity contribution >= 4 is 5.78 Å². The molecule has 142 valence electrons. The van der Waals surface area contributed by atoms with E-state index in [1.807, 2.05) is 36.4 Å². The van der Waals surface area contributed by atoms with Gasteiger partial charge in [0.2, 0.25) is 0 Å². The third-order valence-electron chi connectivity index (χ3n) is 6.12. The first-order valence-corrected chi connectivity index (χ1v) is 9.80. The number of para-hydroxylation sites is 2. The van der Waals surface area contributed by atoms with Crippen molar-refractivity contribution in [2.45, 2.75) is 37.8 Å². The first-order valence-electron chi connectivity index (χ1n) is 9.80. The second kappa shape index (κ2) is 7.73. The molecule has 1 N–H and O–H groups in total. The van der Waals surface area contributed by atoms with E-state index in [-0.39, 0.29) is 23.9 Å². The summed E-state index contributed by atoms with van der Waals surface area (Å²) in [6, 6.07) is 16.0. The predicted octanol–water partition coefficient (Wildman–Crippen LogP) is 4.46. The first-order chi connectivity index (χ1) is 13.2. The molecular weight excluding hydrogens is 338 g/mol. The van der Waals surface area contributed by atoms with Crippen LogP contribution < -0.4 is 14.8 Å². The predicted molar refractivity (Wildman–Crippen MR) is 105 cm³/mol. The molecule has 4 heteroatoms. The molecule has 2 aromatic carbocycles. The van der Waals surface area contributed by atoms with Crippen molar-refractivity contribution in [2.24, 2.45) is 11.8 Å². The largest absolute Gasteiger partial charge is 0.496 e. The molecule has 0 amide bonds. The summed E-state index contributed by atoms with van der Waals surface area (Å²) in [5, 5.41) is 3.83. The molecule has 2 bridgehead atoms. The lowest BCUT2D eigenvalue weighted by Crippen LogP contribution is -2.47. The van der Waals surface area contributed by atoms with E-state index in [0.717, 1.165) is 48.3 Å². The Bertz CT molecular complexity index is 753. The Balaban J connectivity index is 1.80. The van der Waals surface area contributed by atoms with Crippen LogP contribution in [-0.4, -0.2) is 20.0 Å². The summed E-state index contributed by atoms with van der Waals surface area (Å²) in [7, 11) is 3.38. The van der Waals surface area contributed by atoms with Gasteiger partial charge in [0.05, 0.1) is 14.2 Å². The van der Waals surface area contributed by atoms with Crippen LogP contribution in [0.3, 0.4) is 0 Å². The molecule has 1 aliphatic heterocycles. The molecule has 2 aliphatic rings. The molecule has 1 aliphatic carbocycles. The highest BCUT2D eigenvalue weighted by molar-refractivity contribution is 5.86. The normalized spacial score (nSPS) is 27.7. The number of carbonyl (C=O) groups excluding carboxylic acids is 1. The van der Waals surface area contributed by atoms with E-state index in [1.54, 1.807) is 14.2 Å². The average Bonchev–Trinajstić information content (AvgIpc) is 2.84. The molecule has 1 saturated carbocycles. The highest BCUT2D eigenvalue weighted by Gasteiger charge is 2.46. The molecule has 2 aromatic rings. The molecule has 1 heterocycles. The lowest BCUT2D eigenvalue weighted by atomic mass is 9.73. The van der Waals surface area contributed by atoms with Gasteiger partial charge in [0.1, 0.15) is 17.3 Å². The first kappa shape index (κ1) is 18.1. The van der Waals surface area contributed by atoms with Crippen molar-refractivity contribution < 1.29 is 14.3 Å². The molecular formula is C23H27NO3. The molecule has 0 aromatic heterocycles. The standard InChI is InChI=1S/C23H27NO3/c1-26-19-13-7-5-9-15(19)21-17-11-3-4-12-18(23(17)25)22(24-21)16-10-6-8-14-20(16)27-2/h5-10,13-14,17-18,21-22,24H,3-4,11-12H2,1-2H3/t17-,18-,21-,22+/m1/s1. The van der Waals surface area contributed by atoms with Gasteiger partial charge in [-0.15, -0.1) is 0 Å². The van der Waals surface area contributed by atoms with Crippen molar-refractivity contribution in [1.82, 2.24) is 5.32 Å². The van der Waals surface area contributed by atoms with E-state index in [0.29, 0.717) is 5.78 Å². The number of fused-ring (bicyclic) bond motifs is 2. The summed E-state index contributed by atoms with van der Waals surface area (Å²) in [5.74, 6) is 2.06. The van der Waals surface area contributed by atoms with Crippen LogP contribution in [0.5, 0.6) is 11.5 Å². The number of ketones is 1. The summed E-state index contributed by atoms with van der Waals surface area (Å²) in [4.78, 5) is 13.5. The minimum Gasteiger partial charge on any atom is -0.496 e. The van der Waals surface area contributed by atoms with Crippen LogP contribution in [0.15, 0.2) is 48.5 Å². The summed E-state index contributed by atoms with van der Waals surface area (Å²) in [6.07, 6.45) is 4.06. The number of benzene rings is 2. The second-order valence-corrected chi connectivity index (χ2v) is 7.51. The number of hydrogen-bond donors (Lipinski definition) is 1. The van der Waals surface area contributed by atoms with E-state index in [1.165, 1.54) is 0 Å². The Hall–Kier alpha value is -2.33. The quantitative estimate of drug-likeness (QED) is 0.869. The minimum absolute atomic E-state index is 0.000225. The number of hydrogen-bond acceptors (Lipinski definition) is 4. The zero-order chi connectivity index (χ0) is 18.8. The lowest BCUT2D eigenvalue weighted by Gasteiger charge is -2.41. The maximum Gasteiger partial charge on any atom is 0.142 e. The second-order valence-electron chi connectivity index (χ2n) is 7.51. The summed E-state index contributed by atoms with van der Waals surface area (Å²) < 4.78 is 11.2. The Morgan fingerprint density at radius 2 is 1.22 bits per heavy atom. The molecule has 0 radical (unpaired) electrons. The molecule has 0 spiro atoms. The molecule has 2 fully saturated rings. The Morgan fingerprint density at radius 1 is 0.778 bits per heavy atom. The Labute approximate surface area is 160 Å². The smallest absolute Gasteiger partial charge is 0.142 e. The van der Waals surface area contributed by atoms with Crippen molar-refractivity contribution in [2.75, 3.05) is 14.2 Å². The van der Waals surface area contributed by atoms with Crippen LogP contribution in [0.1, 0.15) is 48.9 Å². The molecule has 4 nitrogen and oxygen atoms in total. The van der Waals surface area contributed by atoms with Gasteiger partial charge in [0.15, 0.2) is 0 Å². The van der Waals surface area contributed by atoms with Crippen LogP contribution in [0.2, 0.25) is 0 Å². The number of Topliss-reactive ketones (excluding diaryl/α,β-unsaturated/α-hetero) is 1. The fourth-order valence-corrected chi connectivity index (χ4v) is 4.84. The maximum absolute atomic E-state index is 13.5. The number of methoxy groups -OCH3 is 2. The van der Waals surface area contributed by atoms with Crippen molar-refractivity contribution in [1.29, 1.82) is 0 Å². The zero-order valence-corrected chi connectivity index (χ0v) is 16.0. The fraction of sp³-hybridized carbons (Fsp3) is 0.435. The number of carbonyl (C=O) groups is 1. The van der Waals surface area contributed by atoms with Crippen LogP contribution in [0.4, 0.5) is 0 Å². The average molecular weight is 365 g/mol. The summed E-state index contributed by atoms with van der Waals surface area (Å²) in [6.45, 7) is 0. The van der Waals surface area contributed by atoms with Gasteiger partial charge >= 0.3 is 0 Å². The van der Waals surface area contributed by atoms with Crippen LogP contribution in [0, 0.1) is 11.8 Å². The van der Waals surface area contributed by atoms with Crippen LogP contribution in [0.25, 0.3) is 0 Å². The van der Waals surface area contributed by atoms with Gasteiger partial charge in [-0.3, -0.25) is 4.79 Å². The Morgan fingerprint density at radius 3 is 1.67 bits per heavy atom. The van der Waals surface area contributed by atoms with Crippen LogP contribution in [-0.2, 0) is 4.79 Å². The molecule has 1 saturated heterocycles. The minimum atomic E-state index is -0.0436. The van der Waals surface area contributed by atoms with Gasteiger partial charge in [-0.05, 0) is 25.0 Å². The van der Waals surface area contributed by atoms with Gasteiger partial charge < -0.3 is 14.8 Å². The fourth-order valence-electron chi connectivity index (χ4n) is 4.84. The topological polar surface area (TPSA) is 47.6 Å². The van der Waals surface area contributed by atoms with Crippen molar-refractivity contribution in [3.8, 4) is 11.5 Å². The number of rotatable bonds is 4. The van der Waals surface area contributed by atoms with Gasteiger partial charge in [0.25, 0.3) is 0 Å². The third kappa shape index (κ3) is 3.23. The molecule has 4 rings (SSSR count). The van der Waals surface area contributed by atoms with E-state index >= 15 is 0 Å². The number of ether oxygens (including phenoxy) is 2. The monoisotopic (exact) mass is 365 g/mol. The number of nitrogens with one attached hydrogen (secondary N) is 1. The van der Waals surface area contributed by atoms with Gasteiger partial charge in [0, 0.05) is 35.0 Å². The van der Waals surface area contributed by atoms with Gasteiger partial charge in [-0.2, -0.15) is 0 Å². The van der Waals surface area contributed by atoms with E-state index in [9.17, 15) is 4.79 Å². The van der Waals surface area contributed by atoms with Gasteiger partial charge in [-0.25, -0.2) is 0 Å². The maximum atomic E-state index is 13.5. The number of piperidine rings is 1.